The highest BCUT2D eigenvalue weighted by atomic mass is 19.1. The first-order valence-electron chi connectivity index (χ1n) is 6.93. The molecule has 114 valence electrons. The molecule has 0 saturated heterocycles. The van der Waals surface area contributed by atoms with Crippen LogP contribution in [0.25, 0.3) is 0 Å². The summed E-state index contributed by atoms with van der Waals surface area (Å²) >= 11 is 0. The van der Waals surface area contributed by atoms with Crippen LogP contribution in [0.2, 0.25) is 0 Å². The number of hydrogen-bond donors (Lipinski definition) is 2. The third kappa shape index (κ3) is 4.15. The molecule has 22 heavy (non-hydrogen) atoms. The van der Waals surface area contributed by atoms with E-state index in [2.05, 4.69) is 10.6 Å². The lowest BCUT2D eigenvalue weighted by Gasteiger charge is -2.10. The quantitative estimate of drug-likeness (QED) is 0.911. The minimum atomic E-state index is -0.370. The maximum Gasteiger partial charge on any atom is 0.255 e. The molecule has 0 aliphatic carbocycles. The number of hydrogen-bond acceptors (Lipinski definition) is 2. The molecule has 5 heteroatoms. The van der Waals surface area contributed by atoms with Crippen LogP contribution in [0.1, 0.15) is 34.6 Å². The Morgan fingerprint density at radius 2 is 1.55 bits per heavy atom. The zero-order valence-corrected chi connectivity index (χ0v) is 12.4. The van der Waals surface area contributed by atoms with Crippen LogP contribution < -0.4 is 10.6 Å². The highest BCUT2D eigenvalue weighted by molar-refractivity contribution is 6.06. The van der Waals surface area contributed by atoms with E-state index in [4.69, 9.17) is 0 Å². The second kappa shape index (κ2) is 6.85. The largest absolute Gasteiger partial charge is 0.350 e. The van der Waals surface area contributed by atoms with E-state index >= 15 is 0 Å². The molecule has 0 aliphatic heterocycles. The van der Waals surface area contributed by atoms with Gasteiger partial charge in [-0.05, 0) is 56.3 Å². The first-order valence-corrected chi connectivity index (χ1v) is 6.93. The van der Waals surface area contributed by atoms with Crippen molar-refractivity contribution in [3.8, 4) is 0 Å². The third-order valence-electron chi connectivity index (χ3n) is 2.91. The van der Waals surface area contributed by atoms with Gasteiger partial charge in [0.2, 0.25) is 0 Å². The topological polar surface area (TPSA) is 58.2 Å². The number of carbonyl (C=O) groups is 2. The average Bonchev–Trinajstić information content (AvgIpc) is 2.49. The van der Waals surface area contributed by atoms with E-state index in [0.29, 0.717) is 16.8 Å². The van der Waals surface area contributed by atoms with Gasteiger partial charge in [-0.15, -0.1) is 0 Å². The standard InChI is InChI=1S/C17H17FN2O2/c1-11(2)19-16(21)12-4-3-5-13(10-12)17(22)20-15-8-6-14(18)7-9-15/h3-11H,1-2H3,(H,19,21)(H,20,22). The predicted molar refractivity (Wildman–Crippen MR) is 83.4 cm³/mol. The van der Waals surface area contributed by atoms with Crippen molar-refractivity contribution in [1.29, 1.82) is 0 Å². The van der Waals surface area contributed by atoms with Crippen molar-refractivity contribution in [3.63, 3.8) is 0 Å². The molecule has 0 atom stereocenters. The molecular weight excluding hydrogens is 283 g/mol. The highest BCUT2D eigenvalue weighted by Crippen LogP contribution is 2.12. The van der Waals surface area contributed by atoms with Gasteiger partial charge in [-0.3, -0.25) is 9.59 Å². The minimum absolute atomic E-state index is 0.0178. The van der Waals surface area contributed by atoms with Gasteiger partial charge in [0.1, 0.15) is 5.82 Å². The first-order chi connectivity index (χ1) is 10.5. The van der Waals surface area contributed by atoms with Gasteiger partial charge in [0.15, 0.2) is 0 Å². The molecule has 2 amide bonds. The fraction of sp³-hybridized carbons (Fsp3) is 0.176. The van der Waals surface area contributed by atoms with Gasteiger partial charge in [0, 0.05) is 22.9 Å². The number of anilines is 1. The summed E-state index contributed by atoms with van der Waals surface area (Å²) in [5, 5.41) is 5.42. The van der Waals surface area contributed by atoms with Crippen LogP contribution >= 0.6 is 0 Å². The lowest BCUT2D eigenvalue weighted by molar-refractivity contribution is 0.0943. The molecule has 2 aromatic carbocycles. The van der Waals surface area contributed by atoms with Crippen LogP contribution in [0.15, 0.2) is 48.5 Å². The van der Waals surface area contributed by atoms with Crippen molar-refractivity contribution < 1.29 is 14.0 Å². The fourth-order valence-corrected chi connectivity index (χ4v) is 1.88. The maximum absolute atomic E-state index is 12.8. The zero-order chi connectivity index (χ0) is 16.1. The van der Waals surface area contributed by atoms with Crippen molar-refractivity contribution in [1.82, 2.24) is 5.32 Å². The van der Waals surface area contributed by atoms with E-state index in [1.807, 2.05) is 13.8 Å². The van der Waals surface area contributed by atoms with Crippen LogP contribution in [0.5, 0.6) is 0 Å². The van der Waals surface area contributed by atoms with Crippen LogP contribution in [-0.2, 0) is 0 Å². The molecule has 4 nitrogen and oxygen atoms in total. The summed E-state index contributed by atoms with van der Waals surface area (Å²) in [6.07, 6.45) is 0. The van der Waals surface area contributed by atoms with Gasteiger partial charge < -0.3 is 10.6 Å². The van der Waals surface area contributed by atoms with E-state index in [1.54, 1.807) is 18.2 Å². The Bertz CT molecular complexity index is 681. The Balaban J connectivity index is 2.13. The minimum Gasteiger partial charge on any atom is -0.350 e. The van der Waals surface area contributed by atoms with Gasteiger partial charge in [0.25, 0.3) is 11.8 Å². The number of amides is 2. The number of nitrogens with one attached hydrogen (secondary N) is 2. The second-order valence-corrected chi connectivity index (χ2v) is 5.17. The monoisotopic (exact) mass is 300 g/mol. The van der Waals surface area contributed by atoms with Gasteiger partial charge in [0.05, 0.1) is 0 Å². The molecule has 2 aromatic rings. The Kier molecular flexibility index (Phi) is 4.88. The van der Waals surface area contributed by atoms with Gasteiger partial charge >= 0.3 is 0 Å². The molecule has 0 bridgehead atoms. The lowest BCUT2D eigenvalue weighted by Crippen LogP contribution is -2.30. The summed E-state index contributed by atoms with van der Waals surface area (Å²) in [5.41, 5.74) is 1.27. The molecule has 0 radical (unpaired) electrons. The summed E-state index contributed by atoms with van der Waals surface area (Å²) in [4.78, 5) is 24.1. The van der Waals surface area contributed by atoms with Crippen molar-refractivity contribution in [2.45, 2.75) is 19.9 Å². The Labute approximate surface area is 128 Å². The van der Waals surface area contributed by atoms with Crippen molar-refractivity contribution in [2.24, 2.45) is 0 Å². The molecule has 0 aliphatic rings. The average molecular weight is 300 g/mol. The first kappa shape index (κ1) is 15.7. The second-order valence-electron chi connectivity index (χ2n) is 5.17. The Morgan fingerprint density at radius 3 is 2.14 bits per heavy atom. The van der Waals surface area contributed by atoms with Crippen LogP contribution in [-0.4, -0.2) is 17.9 Å². The van der Waals surface area contributed by atoms with Gasteiger partial charge in [-0.1, -0.05) is 6.07 Å². The Hall–Kier alpha value is -2.69. The normalized spacial score (nSPS) is 10.4. The van der Waals surface area contributed by atoms with E-state index in [9.17, 15) is 14.0 Å². The number of carbonyl (C=O) groups excluding carboxylic acids is 2. The van der Waals surface area contributed by atoms with Gasteiger partial charge in [-0.25, -0.2) is 4.39 Å². The molecule has 0 aromatic heterocycles. The lowest BCUT2D eigenvalue weighted by atomic mass is 10.1. The summed E-state index contributed by atoms with van der Waals surface area (Å²) in [6, 6.07) is 11.9. The SMILES string of the molecule is CC(C)NC(=O)c1cccc(C(=O)Nc2ccc(F)cc2)c1. The smallest absolute Gasteiger partial charge is 0.255 e. The number of halogens is 1. The summed E-state index contributed by atoms with van der Waals surface area (Å²) in [5.74, 6) is -0.956. The summed E-state index contributed by atoms with van der Waals surface area (Å²) in [7, 11) is 0. The van der Waals surface area contributed by atoms with Crippen LogP contribution in [0.3, 0.4) is 0 Å². The summed E-state index contributed by atoms with van der Waals surface area (Å²) in [6.45, 7) is 3.73. The molecular formula is C17H17FN2O2. The zero-order valence-electron chi connectivity index (χ0n) is 12.4. The highest BCUT2D eigenvalue weighted by Gasteiger charge is 2.11. The molecule has 2 rings (SSSR count). The molecule has 0 fully saturated rings. The van der Waals surface area contributed by atoms with Crippen molar-refractivity contribution in [3.05, 3.63) is 65.5 Å². The Morgan fingerprint density at radius 1 is 0.955 bits per heavy atom. The maximum atomic E-state index is 12.8. The van der Waals surface area contributed by atoms with E-state index < -0.39 is 0 Å². The number of benzene rings is 2. The summed E-state index contributed by atoms with van der Waals surface area (Å²) < 4.78 is 12.8. The third-order valence-corrected chi connectivity index (χ3v) is 2.91. The van der Waals surface area contributed by atoms with Crippen molar-refractivity contribution >= 4 is 17.5 Å². The van der Waals surface area contributed by atoms with Gasteiger partial charge in [-0.2, -0.15) is 0 Å². The molecule has 0 saturated carbocycles. The molecule has 0 unspecified atom stereocenters. The van der Waals surface area contributed by atoms with Crippen LogP contribution in [0.4, 0.5) is 10.1 Å². The molecule has 2 N–H and O–H groups in total. The van der Waals surface area contributed by atoms with E-state index in [-0.39, 0.29) is 23.7 Å². The molecule has 0 heterocycles. The predicted octanol–water partition coefficient (Wildman–Crippen LogP) is 3.22. The van der Waals surface area contributed by atoms with E-state index in [0.717, 1.165) is 0 Å². The van der Waals surface area contributed by atoms with Crippen molar-refractivity contribution in [2.75, 3.05) is 5.32 Å². The number of rotatable bonds is 4. The van der Waals surface area contributed by atoms with Crippen LogP contribution in [0, 0.1) is 5.82 Å². The van der Waals surface area contributed by atoms with E-state index in [1.165, 1.54) is 30.3 Å². The molecule has 0 spiro atoms. The fourth-order valence-electron chi connectivity index (χ4n) is 1.88.